The van der Waals surface area contributed by atoms with E-state index in [1.807, 2.05) is 0 Å². The first-order valence-corrected chi connectivity index (χ1v) is 10.8. The smallest absolute Gasteiger partial charge is 0.269 e. The number of primary amides is 1. The highest BCUT2D eigenvalue weighted by Gasteiger charge is 2.56. The van der Waals surface area contributed by atoms with E-state index in [0.29, 0.717) is 36.7 Å². The molecular weight excluding hydrogens is 445 g/mol. The Bertz CT molecular complexity index is 1040. The van der Waals surface area contributed by atoms with Crippen LogP contribution < -0.4 is 11.1 Å². The van der Waals surface area contributed by atoms with E-state index in [9.17, 15) is 19.5 Å². The first kappa shape index (κ1) is 21.9. The molecule has 1 aromatic carbocycles. The van der Waals surface area contributed by atoms with Gasteiger partial charge in [0.15, 0.2) is 5.69 Å². The summed E-state index contributed by atoms with van der Waals surface area (Å²) in [6.07, 6.45) is 1.68. The Morgan fingerprint density at radius 3 is 2.68 bits per heavy atom. The second-order valence-corrected chi connectivity index (χ2v) is 9.54. The number of para-hydroxylation sites is 1. The van der Waals surface area contributed by atoms with Crippen molar-refractivity contribution in [2.45, 2.75) is 42.2 Å². The molecule has 0 radical (unpaired) electrons. The van der Waals surface area contributed by atoms with Crippen LogP contribution in [-0.4, -0.2) is 67.1 Å². The van der Waals surface area contributed by atoms with Crippen molar-refractivity contribution in [3.05, 3.63) is 30.0 Å². The van der Waals surface area contributed by atoms with E-state index in [0.717, 1.165) is 0 Å². The van der Waals surface area contributed by atoms with Crippen molar-refractivity contribution in [2.24, 2.45) is 11.7 Å². The SMILES string of the molecule is NC(=O)c1nn(CC(=O)N2CCC[C@H]2C(=O)NC(CO)C2CC2(Cl)Cl)c2ccccc12. The average molecular weight is 468 g/mol. The van der Waals surface area contributed by atoms with Gasteiger partial charge < -0.3 is 21.1 Å². The van der Waals surface area contributed by atoms with Crippen molar-refractivity contribution in [2.75, 3.05) is 13.2 Å². The van der Waals surface area contributed by atoms with E-state index in [2.05, 4.69) is 10.4 Å². The zero-order valence-corrected chi connectivity index (χ0v) is 18.1. The predicted molar refractivity (Wildman–Crippen MR) is 115 cm³/mol. The first-order chi connectivity index (χ1) is 14.7. The fourth-order valence-electron chi connectivity index (χ4n) is 4.21. The Hall–Kier alpha value is -2.36. The number of amides is 3. The average Bonchev–Trinajstić information content (AvgIpc) is 3.11. The molecule has 1 aliphatic heterocycles. The van der Waals surface area contributed by atoms with E-state index < -0.39 is 22.3 Å². The first-order valence-electron chi connectivity index (χ1n) is 10.1. The maximum absolute atomic E-state index is 13.0. The highest BCUT2D eigenvalue weighted by Crippen LogP contribution is 2.54. The van der Waals surface area contributed by atoms with Crippen LogP contribution in [0.15, 0.2) is 24.3 Å². The summed E-state index contributed by atoms with van der Waals surface area (Å²) >= 11 is 12.1. The number of aliphatic hydroxyl groups is 1. The van der Waals surface area contributed by atoms with Crippen LogP contribution in [-0.2, 0) is 16.1 Å². The van der Waals surface area contributed by atoms with Gasteiger partial charge in [0.05, 0.1) is 18.2 Å². The number of alkyl halides is 2. The number of nitrogens with two attached hydrogens (primary N) is 1. The van der Waals surface area contributed by atoms with Gasteiger partial charge in [0, 0.05) is 17.8 Å². The molecular formula is C20H23Cl2N5O4. The number of nitrogens with one attached hydrogen (secondary N) is 1. The Kier molecular flexibility index (Phi) is 5.85. The molecule has 2 aromatic rings. The van der Waals surface area contributed by atoms with E-state index in [4.69, 9.17) is 28.9 Å². The third-order valence-electron chi connectivity index (χ3n) is 5.94. The van der Waals surface area contributed by atoms with Crippen LogP contribution in [0.3, 0.4) is 0 Å². The number of aliphatic hydroxyl groups excluding tert-OH is 1. The number of rotatable bonds is 7. The summed E-state index contributed by atoms with van der Waals surface area (Å²) in [5.74, 6) is -1.54. The summed E-state index contributed by atoms with van der Waals surface area (Å²) in [4.78, 5) is 39.1. The molecule has 4 rings (SSSR count). The molecule has 1 saturated heterocycles. The van der Waals surface area contributed by atoms with Gasteiger partial charge in [-0.2, -0.15) is 5.10 Å². The van der Waals surface area contributed by atoms with Crippen LogP contribution in [0.2, 0.25) is 0 Å². The summed E-state index contributed by atoms with van der Waals surface area (Å²) in [6, 6.07) is 5.80. The fourth-order valence-corrected chi connectivity index (χ4v) is 4.85. The molecule has 0 spiro atoms. The monoisotopic (exact) mass is 467 g/mol. The zero-order chi connectivity index (χ0) is 22.3. The fraction of sp³-hybridized carbons (Fsp3) is 0.500. The van der Waals surface area contributed by atoms with Crippen molar-refractivity contribution >= 4 is 51.8 Å². The Morgan fingerprint density at radius 1 is 1.32 bits per heavy atom. The molecule has 2 heterocycles. The molecule has 9 nitrogen and oxygen atoms in total. The highest BCUT2D eigenvalue weighted by molar-refractivity contribution is 6.51. The second kappa shape index (κ2) is 8.29. The van der Waals surface area contributed by atoms with Crippen LogP contribution in [0.25, 0.3) is 10.9 Å². The summed E-state index contributed by atoms with van der Waals surface area (Å²) in [5, 5.41) is 17.2. The van der Waals surface area contributed by atoms with Crippen molar-refractivity contribution in [1.29, 1.82) is 0 Å². The summed E-state index contributed by atoms with van der Waals surface area (Å²) < 4.78 is 0.492. The van der Waals surface area contributed by atoms with Crippen LogP contribution in [0.4, 0.5) is 0 Å². The maximum Gasteiger partial charge on any atom is 0.269 e. The van der Waals surface area contributed by atoms with Crippen molar-refractivity contribution < 1.29 is 19.5 Å². The van der Waals surface area contributed by atoms with E-state index in [1.165, 1.54) is 9.58 Å². The molecule has 31 heavy (non-hydrogen) atoms. The van der Waals surface area contributed by atoms with E-state index >= 15 is 0 Å². The number of fused-ring (bicyclic) bond motifs is 1. The number of benzene rings is 1. The Labute approximate surface area is 188 Å². The molecule has 3 atom stereocenters. The number of halogens is 2. The topological polar surface area (TPSA) is 131 Å². The molecule has 4 N–H and O–H groups in total. The number of hydrogen-bond acceptors (Lipinski definition) is 5. The third-order valence-corrected chi connectivity index (χ3v) is 6.81. The molecule has 3 amide bonds. The number of aromatic nitrogens is 2. The van der Waals surface area contributed by atoms with Gasteiger partial charge in [0.2, 0.25) is 11.8 Å². The lowest BCUT2D eigenvalue weighted by molar-refractivity contribution is -0.139. The van der Waals surface area contributed by atoms with Gasteiger partial charge in [-0.1, -0.05) is 18.2 Å². The number of carbonyl (C=O) groups is 3. The van der Waals surface area contributed by atoms with Crippen molar-refractivity contribution in [1.82, 2.24) is 20.0 Å². The maximum atomic E-state index is 13.0. The minimum Gasteiger partial charge on any atom is -0.394 e. The summed E-state index contributed by atoms with van der Waals surface area (Å²) in [6.45, 7) is 0.0184. The van der Waals surface area contributed by atoms with Crippen molar-refractivity contribution in [3.8, 4) is 0 Å². The lowest BCUT2D eigenvalue weighted by Crippen LogP contribution is -2.51. The highest BCUT2D eigenvalue weighted by atomic mass is 35.5. The number of hydrogen-bond donors (Lipinski definition) is 3. The lowest BCUT2D eigenvalue weighted by atomic mass is 10.1. The molecule has 1 saturated carbocycles. The van der Waals surface area contributed by atoms with Gasteiger partial charge in [-0.15, -0.1) is 23.2 Å². The van der Waals surface area contributed by atoms with Gasteiger partial charge in [0.25, 0.3) is 5.91 Å². The lowest BCUT2D eigenvalue weighted by Gasteiger charge is -2.26. The van der Waals surface area contributed by atoms with Crippen LogP contribution >= 0.6 is 23.2 Å². The van der Waals surface area contributed by atoms with Gasteiger partial charge in [-0.05, 0) is 25.3 Å². The largest absolute Gasteiger partial charge is 0.394 e. The molecule has 2 unspecified atom stereocenters. The summed E-state index contributed by atoms with van der Waals surface area (Å²) in [5.41, 5.74) is 6.12. The Balaban J connectivity index is 1.48. The number of likely N-dealkylation sites (tertiary alicyclic amines) is 1. The van der Waals surface area contributed by atoms with Gasteiger partial charge in [-0.3, -0.25) is 19.1 Å². The van der Waals surface area contributed by atoms with Gasteiger partial charge >= 0.3 is 0 Å². The van der Waals surface area contributed by atoms with E-state index in [-0.39, 0.29) is 36.6 Å². The summed E-state index contributed by atoms with van der Waals surface area (Å²) in [7, 11) is 0. The minimum absolute atomic E-state index is 0.0972. The normalized spacial score (nSPS) is 23.0. The molecule has 1 aliphatic carbocycles. The number of nitrogens with zero attached hydrogens (tertiary/aromatic N) is 3. The van der Waals surface area contributed by atoms with Gasteiger partial charge in [0.1, 0.15) is 16.9 Å². The molecule has 1 aromatic heterocycles. The zero-order valence-electron chi connectivity index (χ0n) is 16.6. The molecule has 166 valence electrons. The number of carbonyl (C=O) groups excluding carboxylic acids is 3. The third kappa shape index (κ3) is 4.22. The van der Waals surface area contributed by atoms with Crippen LogP contribution in [0, 0.1) is 5.92 Å². The van der Waals surface area contributed by atoms with Crippen LogP contribution in [0.1, 0.15) is 29.8 Å². The van der Waals surface area contributed by atoms with Gasteiger partial charge in [-0.25, -0.2) is 0 Å². The Morgan fingerprint density at radius 2 is 2.03 bits per heavy atom. The molecule has 2 fully saturated rings. The predicted octanol–water partition coefficient (Wildman–Crippen LogP) is 0.797. The molecule has 11 heteroatoms. The standard InChI is InChI=1S/C20H23Cl2N5O4/c21-20(22)8-12(20)13(10-28)24-19(31)15-6-3-7-26(15)16(29)9-27-14-5-2-1-4-11(14)17(25-27)18(23)30/h1-2,4-5,12-13,15,28H,3,6-10H2,(H2,23,30)(H,24,31)/t12?,13?,15-/m0/s1. The van der Waals surface area contributed by atoms with Crippen LogP contribution in [0.5, 0.6) is 0 Å². The van der Waals surface area contributed by atoms with Crippen molar-refractivity contribution in [3.63, 3.8) is 0 Å². The van der Waals surface area contributed by atoms with E-state index in [1.54, 1.807) is 24.3 Å². The quantitative estimate of drug-likeness (QED) is 0.518. The second-order valence-electron chi connectivity index (χ2n) is 8.00. The molecule has 0 bridgehead atoms. The minimum atomic E-state index is -0.939. The molecule has 2 aliphatic rings.